The van der Waals surface area contributed by atoms with Crippen molar-refractivity contribution >= 4 is 0 Å². The van der Waals surface area contributed by atoms with E-state index in [9.17, 15) is 4.79 Å². The van der Waals surface area contributed by atoms with Crippen LogP contribution in [0.5, 0.6) is 0 Å². The molecule has 88 valence electrons. The molecule has 0 aliphatic rings. The summed E-state index contributed by atoms with van der Waals surface area (Å²) in [5.74, 6) is 0.666. The van der Waals surface area contributed by atoms with Gasteiger partial charge in [0.05, 0.1) is 11.9 Å². The van der Waals surface area contributed by atoms with Crippen molar-refractivity contribution in [1.29, 1.82) is 0 Å². The summed E-state index contributed by atoms with van der Waals surface area (Å²) in [6, 6.07) is 13.1. The van der Waals surface area contributed by atoms with Crippen LogP contribution in [0, 0.1) is 0 Å². The van der Waals surface area contributed by atoms with Crippen LogP contribution in [0.15, 0.2) is 65.8 Å². The molecule has 0 spiro atoms. The third kappa shape index (κ3) is 1.93. The Labute approximate surface area is 103 Å². The fourth-order valence-electron chi connectivity index (χ4n) is 1.64. The molecule has 0 aliphatic carbocycles. The van der Waals surface area contributed by atoms with Crippen molar-refractivity contribution in [2.24, 2.45) is 0 Å². The van der Waals surface area contributed by atoms with Gasteiger partial charge in [-0.15, -0.1) is 5.10 Å². The average molecular weight is 238 g/mol. The molecule has 0 saturated carbocycles. The van der Waals surface area contributed by atoms with Crippen LogP contribution in [0.3, 0.4) is 0 Å². The summed E-state index contributed by atoms with van der Waals surface area (Å²) < 4.78 is 3.32. The highest BCUT2D eigenvalue weighted by Crippen LogP contribution is 2.08. The monoisotopic (exact) mass is 238 g/mol. The van der Waals surface area contributed by atoms with Gasteiger partial charge in [0.15, 0.2) is 11.2 Å². The zero-order valence-electron chi connectivity index (χ0n) is 9.47. The summed E-state index contributed by atoms with van der Waals surface area (Å²) in [5, 5.41) is 8.38. The van der Waals surface area contributed by atoms with Crippen molar-refractivity contribution in [1.82, 2.24) is 19.6 Å². The molecule has 0 amide bonds. The minimum Gasteiger partial charge on any atom is -0.288 e. The van der Waals surface area contributed by atoms with Gasteiger partial charge in [-0.1, -0.05) is 18.2 Å². The number of aromatic nitrogens is 4. The normalized spacial score (nSPS) is 10.4. The van der Waals surface area contributed by atoms with Crippen molar-refractivity contribution in [2.45, 2.75) is 0 Å². The second-order valence-electron chi connectivity index (χ2n) is 3.76. The van der Waals surface area contributed by atoms with Crippen LogP contribution in [-0.4, -0.2) is 19.6 Å². The van der Waals surface area contributed by atoms with E-state index < -0.39 is 0 Å². The van der Waals surface area contributed by atoms with E-state index in [0.29, 0.717) is 5.82 Å². The largest absolute Gasteiger partial charge is 0.288 e. The standard InChI is InChI=1S/C13H10N4O/c18-12-6-8-17(14-10-12)13-7-9-16(15-13)11-4-2-1-3-5-11/h1-10H. The van der Waals surface area contributed by atoms with E-state index in [4.69, 9.17) is 0 Å². The Hall–Kier alpha value is -2.69. The fraction of sp³-hybridized carbons (Fsp3) is 0. The molecule has 0 saturated heterocycles. The van der Waals surface area contributed by atoms with Gasteiger partial charge in [0.25, 0.3) is 0 Å². The van der Waals surface area contributed by atoms with Gasteiger partial charge in [0, 0.05) is 24.5 Å². The molecule has 18 heavy (non-hydrogen) atoms. The minimum absolute atomic E-state index is 0.117. The van der Waals surface area contributed by atoms with Gasteiger partial charge < -0.3 is 0 Å². The van der Waals surface area contributed by atoms with Gasteiger partial charge in [-0.3, -0.25) is 4.79 Å². The maximum Gasteiger partial charge on any atom is 0.200 e. The fourth-order valence-corrected chi connectivity index (χ4v) is 1.64. The van der Waals surface area contributed by atoms with Crippen molar-refractivity contribution in [2.75, 3.05) is 0 Å². The maximum absolute atomic E-state index is 11.0. The lowest BCUT2D eigenvalue weighted by molar-refractivity contribution is 0.771. The predicted molar refractivity (Wildman–Crippen MR) is 67.0 cm³/mol. The number of rotatable bonds is 2. The van der Waals surface area contributed by atoms with E-state index in [1.807, 2.05) is 42.6 Å². The maximum atomic E-state index is 11.0. The van der Waals surface area contributed by atoms with Crippen LogP contribution in [0.4, 0.5) is 0 Å². The van der Waals surface area contributed by atoms with Crippen LogP contribution in [0.25, 0.3) is 11.5 Å². The Kier molecular flexibility index (Phi) is 2.49. The van der Waals surface area contributed by atoms with Crippen molar-refractivity contribution < 1.29 is 0 Å². The van der Waals surface area contributed by atoms with Crippen LogP contribution in [0.1, 0.15) is 0 Å². The van der Waals surface area contributed by atoms with Gasteiger partial charge in [0.1, 0.15) is 0 Å². The zero-order chi connectivity index (χ0) is 12.4. The SMILES string of the molecule is O=c1ccn(-c2ccn(-c3ccccc3)n2)nc1. The quantitative estimate of drug-likeness (QED) is 0.678. The lowest BCUT2D eigenvalue weighted by Crippen LogP contribution is -2.07. The number of benzene rings is 1. The Morgan fingerprint density at radius 1 is 0.889 bits per heavy atom. The van der Waals surface area contributed by atoms with Gasteiger partial charge in [-0.2, -0.15) is 5.10 Å². The Balaban J connectivity index is 1.99. The van der Waals surface area contributed by atoms with Gasteiger partial charge in [-0.25, -0.2) is 9.36 Å². The van der Waals surface area contributed by atoms with Gasteiger partial charge >= 0.3 is 0 Å². The van der Waals surface area contributed by atoms with E-state index in [0.717, 1.165) is 5.69 Å². The third-order valence-electron chi connectivity index (χ3n) is 2.52. The van der Waals surface area contributed by atoms with Gasteiger partial charge in [0.2, 0.25) is 0 Å². The molecule has 2 aromatic heterocycles. The van der Waals surface area contributed by atoms with E-state index in [1.165, 1.54) is 12.3 Å². The molecule has 3 aromatic rings. The summed E-state index contributed by atoms with van der Waals surface area (Å²) in [7, 11) is 0. The summed E-state index contributed by atoms with van der Waals surface area (Å²) >= 11 is 0. The van der Waals surface area contributed by atoms with E-state index in [2.05, 4.69) is 10.2 Å². The Morgan fingerprint density at radius 3 is 2.39 bits per heavy atom. The zero-order valence-corrected chi connectivity index (χ0v) is 9.47. The Morgan fingerprint density at radius 2 is 1.67 bits per heavy atom. The number of hydrogen-bond donors (Lipinski definition) is 0. The first-order valence-electron chi connectivity index (χ1n) is 5.49. The minimum atomic E-state index is -0.117. The number of para-hydroxylation sites is 1. The van der Waals surface area contributed by atoms with Crippen molar-refractivity contribution in [3.8, 4) is 11.5 Å². The highest BCUT2D eigenvalue weighted by molar-refractivity contribution is 5.32. The van der Waals surface area contributed by atoms with E-state index in [1.54, 1.807) is 15.6 Å². The van der Waals surface area contributed by atoms with Gasteiger partial charge in [-0.05, 0) is 12.1 Å². The van der Waals surface area contributed by atoms with Crippen LogP contribution in [0.2, 0.25) is 0 Å². The summed E-state index contributed by atoms with van der Waals surface area (Å²) in [4.78, 5) is 11.0. The average Bonchev–Trinajstić information content (AvgIpc) is 2.90. The first kappa shape index (κ1) is 10.5. The van der Waals surface area contributed by atoms with E-state index >= 15 is 0 Å². The summed E-state index contributed by atoms with van der Waals surface area (Å²) in [5.41, 5.74) is 0.860. The molecule has 3 rings (SSSR count). The molecule has 1 aromatic carbocycles. The summed E-state index contributed by atoms with van der Waals surface area (Å²) in [6.07, 6.45) is 4.71. The molecule has 0 aliphatic heterocycles. The topological polar surface area (TPSA) is 52.7 Å². The number of hydrogen-bond acceptors (Lipinski definition) is 3. The lowest BCUT2D eigenvalue weighted by atomic mass is 10.3. The predicted octanol–water partition coefficient (Wildman–Crippen LogP) is 1.42. The molecule has 0 fully saturated rings. The highest BCUT2D eigenvalue weighted by atomic mass is 16.1. The molecule has 5 nitrogen and oxygen atoms in total. The smallest absolute Gasteiger partial charge is 0.200 e. The molecule has 0 N–H and O–H groups in total. The molecule has 5 heteroatoms. The molecule has 0 radical (unpaired) electrons. The first-order valence-corrected chi connectivity index (χ1v) is 5.49. The molecular formula is C13H10N4O. The molecule has 2 heterocycles. The second kappa shape index (κ2) is 4.29. The Bertz CT molecular complexity index is 695. The third-order valence-corrected chi connectivity index (χ3v) is 2.52. The summed E-state index contributed by atoms with van der Waals surface area (Å²) in [6.45, 7) is 0. The second-order valence-corrected chi connectivity index (χ2v) is 3.76. The van der Waals surface area contributed by atoms with Crippen LogP contribution < -0.4 is 5.43 Å². The van der Waals surface area contributed by atoms with Crippen molar-refractivity contribution in [3.05, 3.63) is 71.3 Å². The van der Waals surface area contributed by atoms with Crippen molar-refractivity contribution in [3.63, 3.8) is 0 Å². The molecular weight excluding hydrogens is 228 g/mol. The lowest BCUT2D eigenvalue weighted by Gasteiger charge is -2.01. The van der Waals surface area contributed by atoms with Crippen LogP contribution >= 0.6 is 0 Å². The number of nitrogens with zero attached hydrogens (tertiary/aromatic N) is 4. The van der Waals surface area contributed by atoms with Crippen LogP contribution in [-0.2, 0) is 0 Å². The first-order chi connectivity index (χ1) is 8.83. The molecule has 0 bridgehead atoms. The molecule has 0 unspecified atom stereocenters. The van der Waals surface area contributed by atoms with E-state index in [-0.39, 0.29) is 5.43 Å². The highest BCUT2D eigenvalue weighted by Gasteiger charge is 2.02. The molecule has 0 atom stereocenters.